The average molecular weight is 473 g/mol. The van der Waals surface area contributed by atoms with Crippen LogP contribution in [0.15, 0.2) is 84.4 Å². The van der Waals surface area contributed by atoms with Crippen molar-refractivity contribution in [2.24, 2.45) is 0 Å². The van der Waals surface area contributed by atoms with Gasteiger partial charge in [0, 0.05) is 17.4 Å². The predicted octanol–water partition coefficient (Wildman–Crippen LogP) is 3.91. The zero-order chi connectivity index (χ0) is 24.0. The summed E-state index contributed by atoms with van der Waals surface area (Å²) in [6.07, 6.45) is 3.13. The van der Waals surface area contributed by atoms with Gasteiger partial charge in [-0.1, -0.05) is 36.4 Å². The molecule has 0 saturated heterocycles. The number of aryl methyl sites for hydroxylation is 1. The van der Waals surface area contributed by atoms with E-state index in [1.165, 1.54) is 30.3 Å². The molecule has 0 atom stereocenters. The highest BCUT2D eigenvalue weighted by Gasteiger charge is 2.12. The first kappa shape index (κ1) is 22.7. The molecule has 2 heterocycles. The molecule has 10 heteroatoms. The van der Waals surface area contributed by atoms with Crippen molar-refractivity contribution in [3.05, 3.63) is 101 Å². The predicted molar refractivity (Wildman–Crippen MR) is 130 cm³/mol. The second kappa shape index (κ2) is 10.0. The van der Waals surface area contributed by atoms with Crippen molar-refractivity contribution in [1.82, 2.24) is 19.9 Å². The van der Waals surface area contributed by atoms with Crippen LogP contribution in [0.2, 0.25) is 0 Å². The normalized spacial score (nSPS) is 11.3. The van der Waals surface area contributed by atoms with E-state index in [1.807, 2.05) is 24.3 Å². The summed E-state index contributed by atoms with van der Waals surface area (Å²) in [5.74, 6) is 0.418. The van der Waals surface area contributed by atoms with Crippen molar-refractivity contribution in [3.63, 3.8) is 0 Å². The van der Waals surface area contributed by atoms with Crippen LogP contribution in [0.4, 0.5) is 11.6 Å². The molecule has 0 bridgehead atoms. The summed E-state index contributed by atoms with van der Waals surface area (Å²) < 4.78 is 27.1. The van der Waals surface area contributed by atoms with Crippen molar-refractivity contribution in [2.45, 2.75) is 6.92 Å². The molecule has 0 spiro atoms. The Labute approximate surface area is 196 Å². The topological polar surface area (TPSA) is 127 Å². The molecule has 0 radical (unpaired) electrons. The van der Waals surface area contributed by atoms with Gasteiger partial charge in [0.2, 0.25) is 5.95 Å². The van der Waals surface area contributed by atoms with Crippen LogP contribution in [0.3, 0.4) is 0 Å². The van der Waals surface area contributed by atoms with Crippen LogP contribution >= 0.6 is 0 Å². The second-order valence-corrected chi connectivity index (χ2v) is 8.70. The minimum absolute atomic E-state index is 0.0916. The lowest BCUT2D eigenvalue weighted by Gasteiger charge is -2.08. The molecular formula is C24H20N6O3S. The summed E-state index contributed by atoms with van der Waals surface area (Å²) in [4.78, 5) is 29.5. The quantitative estimate of drug-likeness (QED) is 0.417. The minimum atomic E-state index is -3.71. The van der Waals surface area contributed by atoms with Gasteiger partial charge in [0.15, 0.2) is 5.82 Å². The number of nitrogens with one attached hydrogen (secondary N) is 2. The highest BCUT2D eigenvalue weighted by Crippen LogP contribution is 2.16. The van der Waals surface area contributed by atoms with E-state index in [4.69, 9.17) is 0 Å². The van der Waals surface area contributed by atoms with Gasteiger partial charge in [-0.2, -0.15) is 9.97 Å². The molecule has 1 amide bonds. The highest BCUT2D eigenvalue weighted by molar-refractivity contribution is 7.95. The Bertz CT molecular complexity index is 1430. The third-order valence-corrected chi connectivity index (χ3v) is 5.53. The SMILES string of the molecule is Cc1nc(NC(=O)c2ccc(NS(=O)(=O)C=Cc3ccccc3)cc2)nc(-c2ccccn2)n1. The first-order chi connectivity index (χ1) is 16.4. The van der Waals surface area contributed by atoms with Crippen LogP contribution in [-0.2, 0) is 10.0 Å². The zero-order valence-electron chi connectivity index (χ0n) is 18.1. The number of carbonyl (C=O) groups excluding carboxylic acids is 1. The monoisotopic (exact) mass is 472 g/mol. The van der Waals surface area contributed by atoms with Gasteiger partial charge in [0.25, 0.3) is 15.9 Å². The van der Waals surface area contributed by atoms with Crippen LogP contribution in [0.25, 0.3) is 17.6 Å². The third-order valence-electron chi connectivity index (χ3n) is 4.51. The molecule has 0 aliphatic carbocycles. The molecule has 4 rings (SSSR count). The summed E-state index contributed by atoms with van der Waals surface area (Å²) >= 11 is 0. The summed E-state index contributed by atoms with van der Waals surface area (Å²) in [6.45, 7) is 1.69. The maximum absolute atomic E-state index is 12.7. The second-order valence-electron chi connectivity index (χ2n) is 7.14. The minimum Gasteiger partial charge on any atom is -0.290 e. The van der Waals surface area contributed by atoms with Crippen LogP contribution in [0, 0.1) is 6.92 Å². The molecule has 170 valence electrons. The van der Waals surface area contributed by atoms with Crippen molar-refractivity contribution >= 4 is 33.6 Å². The summed E-state index contributed by atoms with van der Waals surface area (Å²) in [6, 6.07) is 20.4. The number of amides is 1. The van der Waals surface area contributed by atoms with E-state index in [9.17, 15) is 13.2 Å². The van der Waals surface area contributed by atoms with E-state index in [0.717, 1.165) is 11.0 Å². The number of nitrogens with zero attached hydrogens (tertiary/aromatic N) is 4. The summed E-state index contributed by atoms with van der Waals surface area (Å²) in [5.41, 5.74) is 1.95. The van der Waals surface area contributed by atoms with Gasteiger partial charge in [-0.05, 0) is 55.0 Å². The fourth-order valence-electron chi connectivity index (χ4n) is 2.94. The number of sulfonamides is 1. The van der Waals surface area contributed by atoms with Crippen LogP contribution < -0.4 is 10.0 Å². The Morgan fingerprint density at radius 1 is 0.882 bits per heavy atom. The summed E-state index contributed by atoms with van der Waals surface area (Å²) in [5, 5.41) is 3.73. The molecule has 0 aliphatic heterocycles. The van der Waals surface area contributed by atoms with Crippen LogP contribution in [0.5, 0.6) is 0 Å². The Morgan fingerprint density at radius 3 is 2.32 bits per heavy atom. The molecule has 4 aromatic rings. The number of rotatable bonds is 7. The van der Waals surface area contributed by atoms with Gasteiger partial charge in [-0.25, -0.2) is 13.4 Å². The van der Waals surface area contributed by atoms with E-state index < -0.39 is 15.9 Å². The summed E-state index contributed by atoms with van der Waals surface area (Å²) in [7, 11) is -3.71. The lowest BCUT2D eigenvalue weighted by molar-refractivity contribution is 0.102. The molecule has 2 aromatic heterocycles. The maximum Gasteiger partial charge on any atom is 0.258 e. The molecular weight excluding hydrogens is 452 g/mol. The average Bonchev–Trinajstić information content (AvgIpc) is 2.84. The number of aromatic nitrogens is 4. The lowest BCUT2D eigenvalue weighted by Crippen LogP contribution is -2.16. The number of benzene rings is 2. The molecule has 9 nitrogen and oxygen atoms in total. The van der Waals surface area contributed by atoms with Gasteiger partial charge in [-0.3, -0.25) is 19.8 Å². The Morgan fingerprint density at radius 2 is 1.62 bits per heavy atom. The number of hydrogen-bond acceptors (Lipinski definition) is 7. The van der Waals surface area contributed by atoms with Gasteiger partial charge in [0.05, 0.1) is 5.41 Å². The largest absolute Gasteiger partial charge is 0.290 e. The van der Waals surface area contributed by atoms with Gasteiger partial charge >= 0.3 is 0 Å². The maximum atomic E-state index is 12.7. The number of anilines is 2. The molecule has 34 heavy (non-hydrogen) atoms. The molecule has 0 unspecified atom stereocenters. The zero-order valence-corrected chi connectivity index (χ0v) is 18.9. The van der Waals surface area contributed by atoms with Crippen molar-refractivity contribution in [2.75, 3.05) is 10.0 Å². The lowest BCUT2D eigenvalue weighted by atomic mass is 10.2. The van der Waals surface area contributed by atoms with E-state index in [-0.39, 0.29) is 5.95 Å². The fraction of sp³-hybridized carbons (Fsp3) is 0.0417. The van der Waals surface area contributed by atoms with E-state index in [2.05, 4.69) is 30.0 Å². The molecule has 0 saturated carbocycles. The molecule has 0 fully saturated rings. The van der Waals surface area contributed by atoms with Gasteiger partial charge in [0.1, 0.15) is 11.5 Å². The van der Waals surface area contributed by atoms with E-state index in [1.54, 1.807) is 37.4 Å². The van der Waals surface area contributed by atoms with E-state index in [0.29, 0.717) is 28.6 Å². The van der Waals surface area contributed by atoms with Gasteiger partial charge < -0.3 is 0 Å². The molecule has 2 aromatic carbocycles. The van der Waals surface area contributed by atoms with Gasteiger partial charge in [-0.15, -0.1) is 0 Å². The number of hydrogen-bond donors (Lipinski definition) is 2. The fourth-order valence-corrected chi connectivity index (χ4v) is 3.81. The molecule has 2 N–H and O–H groups in total. The standard InChI is InChI=1S/C24H20N6O3S/c1-17-26-22(21-9-5-6-15-25-21)28-24(27-17)29-23(31)19-10-12-20(13-11-19)30-34(32,33)16-14-18-7-3-2-4-8-18/h2-16,30H,1H3,(H,26,27,28,29,31). The van der Waals surface area contributed by atoms with Crippen molar-refractivity contribution in [1.29, 1.82) is 0 Å². The van der Waals surface area contributed by atoms with Crippen LogP contribution in [0.1, 0.15) is 21.7 Å². The Kier molecular flexibility index (Phi) is 6.69. The first-order valence-electron chi connectivity index (χ1n) is 10.2. The smallest absolute Gasteiger partial charge is 0.258 e. The first-order valence-corrected chi connectivity index (χ1v) is 11.7. The van der Waals surface area contributed by atoms with Crippen molar-refractivity contribution < 1.29 is 13.2 Å². The third kappa shape index (κ3) is 6.08. The Hall–Kier alpha value is -4.44. The van der Waals surface area contributed by atoms with E-state index >= 15 is 0 Å². The highest BCUT2D eigenvalue weighted by atomic mass is 32.2. The molecule has 0 aliphatic rings. The van der Waals surface area contributed by atoms with Crippen molar-refractivity contribution in [3.8, 4) is 11.5 Å². The number of pyridine rings is 1. The number of carbonyl (C=O) groups is 1. The van der Waals surface area contributed by atoms with Crippen LogP contribution in [-0.4, -0.2) is 34.3 Å². The Balaban J connectivity index is 1.43.